The maximum Gasteiger partial charge on any atom is 0.264 e. The van der Waals surface area contributed by atoms with Gasteiger partial charge >= 0.3 is 0 Å². The third kappa shape index (κ3) is 9.24. The average Bonchev–Trinajstić information content (AvgIpc) is 3.42. The predicted octanol–water partition coefficient (Wildman–Crippen LogP) is 6.03. The second-order valence-corrected chi connectivity index (χ2v) is 14.9. The summed E-state index contributed by atoms with van der Waals surface area (Å²) in [5, 5.41) is 34.8. The number of rotatable bonds is 18. The summed E-state index contributed by atoms with van der Waals surface area (Å²) >= 11 is 6.42. The zero-order chi connectivity index (χ0) is 40.5. The Morgan fingerprint density at radius 2 is 1.74 bits per heavy atom. The number of carbonyl (C=O) groups excluding carboxylic acids is 3. The van der Waals surface area contributed by atoms with Crippen LogP contribution in [0.1, 0.15) is 55.4 Å². The fraction of sp³-hybridized carbons (Fsp3) is 0.356. The Morgan fingerprint density at radius 1 is 0.982 bits per heavy atom. The quantitative estimate of drug-likeness (QED) is 0.0707. The van der Waals surface area contributed by atoms with Crippen LogP contribution in [0.4, 0.5) is 17.1 Å². The van der Waals surface area contributed by atoms with Crippen LogP contribution in [-0.4, -0.2) is 76.9 Å². The molecule has 0 bridgehead atoms. The van der Waals surface area contributed by atoms with Crippen molar-refractivity contribution < 1.29 is 34.4 Å². The maximum atomic E-state index is 14.3. The molecule has 4 aromatic carbocycles. The maximum absolute atomic E-state index is 14.3. The van der Waals surface area contributed by atoms with Crippen molar-refractivity contribution in [1.29, 1.82) is 0 Å². The van der Waals surface area contributed by atoms with Crippen LogP contribution in [0.15, 0.2) is 103 Å². The van der Waals surface area contributed by atoms with Gasteiger partial charge in [-0.05, 0) is 98.0 Å². The number of hydrogen-bond donors (Lipinski definition) is 4. The summed E-state index contributed by atoms with van der Waals surface area (Å²) in [4.78, 5) is 46.3. The van der Waals surface area contributed by atoms with Crippen LogP contribution in [0.5, 0.6) is 5.75 Å². The van der Waals surface area contributed by atoms with Crippen molar-refractivity contribution in [3.63, 3.8) is 0 Å². The summed E-state index contributed by atoms with van der Waals surface area (Å²) in [6.45, 7) is 5.40. The molecule has 12 heteroatoms. The van der Waals surface area contributed by atoms with Gasteiger partial charge in [0.15, 0.2) is 5.60 Å². The van der Waals surface area contributed by atoms with Crippen LogP contribution in [0.25, 0.3) is 0 Å². The highest BCUT2D eigenvalue weighted by Crippen LogP contribution is 2.47. The van der Waals surface area contributed by atoms with Crippen molar-refractivity contribution in [3.05, 3.63) is 130 Å². The van der Waals surface area contributed by atoms with Gasteiger partial charge in [0.2, 0.25) is 11.8 Å². The number of halogens is 1. The molecule has 4 N–H and O–H groups in total. The van der Waals surface area contributed by atoms with Crippen molar-refractivity contribution in [2.24, 2.45) is 5.92 Å². The fourth-order valence-corrected chi connectivity index (χ4v) is 7.76. The van der Waals surface area contributed by atoms with Crippen LogP contribution in [0, 0.1) is 5.92 Å². The first kappa shape index (κ1) is 41.6. The second kappa shape index (κ2) is 18.9. The molecular formula is C45H51ClN4O7. The smallest absolute Gasteiger partial charge is 0.264 e. The van der Waals surface area contributed by atoms with Crippen molar-refractivity contribution in [1.82, 2.24) is 10.2 Å². The van der Waals surface area contributed by atoms with E-state index in [9.17, 15) is 29.7 Å². The SMILES string of the molecule is CCOc1ccc2c(c1)CC(NCCCCO)C(=O)N2c1ccc(CN2C(=O)[C@](O)([C@H](C)/C=C/CC(=O)N(CCO)Cc3ccccc3)c3cc(Cl)ccc32)cc1. The summed E-state index contributed by atoms with van der Waals surface area (Å²) in [7, 11) is 0. The molecule has 0 spiro atoms. The number of aliphatic hydroxyl groups is 3. The molecule has 0 saturated heterocycles. The number of unbranched alkanes of at least 4 members (excludes halogenated alkanes) is 1. The number of benzene rings is 4. The van der Waals surface area contributed by atoms with Gasteiger partial charge < -0.3 is 35.2 Å². The Morgan fingerprint density at radius 3 is 2.46 bits per heavy atom. The normalized spacial score (nSPS) is 18.2. The lowest BCUT2D eigenvalue weighted by atomic mass is 9.83. The van der Waals surface area contributed by atoms with E-state index in [0.717, 1.165) is 34.5 Å². The standard InChI is InChI=1S/C45H51ClN4O7/c1-3-57-37-19-21-40-34(26-37)27-39(47-22-7-8-24-51)43(54)50(40)36-17-14-33(15-18-36)30-49-41-20-16-35(46)28-38(41)45(56,44(49)55)31(2)10-9-13-42(53)48(23-25-52)29-32-11-5-4-6-12-32/h4-6,9-12,14-21,26,28,31,39,47,51-52,56H,3,7-8,13,22-25,27,29-30H2,1-2H3/b10-9+/t31-,39?,45+/m1/s1. The van der Waals surface area contributed by atoms with E-state index in [1.807, 2.05) is 79.7 Å². The van der Waals surface area contributed by atoms with Crippen molar-refractivity contribution in [2.75, 3.05) is 42.7 Å². The third-order valence-corrected chi connectivity index (χ3v) is 10.8. The minimum Gasteiger partial charge on any atom is -0.494 e. The summed E-state index contributed by atoms with van der Waals surface area (Å²) in [5.74, 6) is -0.780. The Bertz CT molecular complexity index is 2060. The monoisotopic (exact) mass is 794 g/mol. The molecule has 1 unspecified atom stereocenters. The zero-order valence-electron chi connectivity index (χ0n) is 32.4. The summed E-state index contributed by atoms with van der Waals surface area (Å²) in [6, 6.07) is 27.3. The molecular weight excluding hydrogens is 744 g/mol. The molecule has 4 aromatic rings. The van der Waals surface area contributed by atoms with Gasteiger partial charge in [-0.25, -0.2) is 0 Å². The minimum atomic E-state index is -1.95. The number of hydrogen-bond acceptors (Lipinski definition) is 8. The van der Waals surface area contributed by atoms with E-state index in [4.69, 9.17) is 16.3 Å². The molecule has 0 radical (unpaired) electrons. The van der Waals surface area contributed by atoms with Crippen molar-refractivity contribution >= 4 is 46.4 Å². The van der Waals surface area contributed by atoms with E-state index in [-0.39, 0.29) is 44.5 Å². The topological polar surface area (TPSA) is 143 Å². The van der Waals surface area contributed by atoms with Gasteiger partial charge in [0.1, 0.15) is 5.75 Å². The number of aliphatic hydroxyl groups excluding tert-OH is 2. The number of anilines is 3. The Kier molecular flexibility index (Phi) is 13.8. The lowest BCUT2D eigenvalue weighted by Crippen LogP contribution is -2.49. The Hall–Kier alpha value is -5.04. The molecule has 2 heterocycles. The van der Waals surface area contributed by atoms with Gasteiger partial charge in [-0.2, -0.15) is 0 Å². The second-order valence-electron chi connectivity index (χ2n) is 14.5. The first-order valence-corrected chi connectivity index (χ1v) is 19.9. The lowest BCUT2D eigenvalue weighted by molar-refractivity contribution is -0.139. The van der Waals surface area contributed by atoms with Gasteiger partial charge in [-0.15, -0.1) is 0 Å². The third-order valence-electron chi connectivity index (χ3n) is 10.6. The highest BCUT2D eigenvalue weighted by molar-refractivity contribution is 6.31. The number of ether oxygens (including phenoxy) is 1. The molecule has 6 rings (SSSR count). The van der Waals surface area contributed by atoms with Gasteiger partial charge in [-0.3, -0.25) is 19.3 Å². The Balaban J connectivity index is 1.20. The molecule has 3 atom stereocenters. The van der Waals surface area contributed by atoms with Gasteiger partial charge in [0.25, 0.3) is 5.91 Å². The highest BCUT2D eigenvalue weighted by Gasteiger charge is 2.52. The average molecular weight is 795 g/mol. The number of fused-ring (bicyclic) bond motifs is 2. The number of carbonyl (C=O) groups is 3. The van der Waals surface area contributed by atoms with E-state index < -0.39 is 23.5 Å². The molecule has 0 fully saturated rings. The molecule has 0 aromatic heterocycles. The summed E-state index contributed by atoms with van der Waals surface area (Å²) < 4.78 is 5.76. The van der Waals surface area contributed by atoms with Crippen molar-refractivity contribution in [2.45, 2.75) is 64.3 Å². The van der Waals surface area contributed by atoms with E-state index >= 15 is 0 Å². The van der Waals surface area contributed by atoms with Crippen LogP contribution < -0.4 is 19.9 Å². The summed E-state index contributed by atoms with van der Waals surface area (Å²) in [6.07, 6.45) is 5.26. The zero-order valence-corrected chi connectivity index (χ0v) is 33.2. The summed E-state index contributed by atoms with van der Waals surface area (Å²) in [5.41, 5.74) is 3.11. The molecule has 3 amide bonds. The van der Waals surface area contributed by atoms with E-state index in [1.54, 1.807) is 52.0 Å². The fourth-order valence-electron chi connectivity index (χ4n) is 7.59. The minimum absolute atomic E-state index is 0.0259. The largest absolute Gasteiger partial charge is 0.494 e. The Labute approximate surface area is 339 Å². The van der Waals surface area contributed by atoms with Crippen LogP contribution >= 0.6 is 11.6 Å². The first-order chi connectivity index (χ1) is 27.6. The molecule has 2 aliphatic rings. The van der Waals surface area contributed by atoms with Crippen LogP contribution in [0.2, 0.25) is 5.02 Å². The molecule has 300 valence electrons. The van der Waals surface area contributed by atoms with Crippen LogP contribution in [0.3, 0.4) is 0 Å². The van der Waals surface area contributed by atoms with Gasteiger partial charge in [-0.1, -0.05) is 73.1 Å². The van der Waals surface area contributed by atoms with Gasteiger partial charge in [0.05, 0.1) is 37.2 Å². The first-order valence-electron chi connectivity index (χ1n) is 19.6. The molecule has 0 aliphatic carbocycles. The van der Waals surface area contributed by atoms with Crippen LogP contribution in [-0.2, 0) is 39.5 Å². The molecule has 57 heavy (non-hydrogen) atoms. The molecule has 2 aliphatic heterocycles. The number of nitrogens with zero attached hydrogens (tertiary/aromatic N) is 3. The van der Waals surface area contributed by atoms with Crippen molar-refractivity contribution in [3.8, 4) is 5.75 Å². The van der Waals surface area contributed by atoms with Gasteiger partial charge in [0, 0.05) is 48.3 Å². The van der Waals surface area contributed by atoms with E-state index in [2.05, 4.69) is 5.32 Å². The van der Waals surface area contributed by atoms with E-state index in [1.165, 1.54) is 0 Å². The molecule has 11 nitrogen and oxygen atoms in total. The lowest BCUT2D eigenvalue weighted by Gasteiger charge is -2.35. The molecule has 0 saturated carbocycles. The highest BCUT2D eigenvalue weighted by atomic mass is 35.5. The number of amides is 3. The predicted molar refractivity (Wildman–Crippen MR) is 221 cm³/mol. The number of nitrogens with one attached hydrogen (secondary N) is 1. The van der Waals surface area contributed by atoms with E-state index in [0.29, 0.717) is 54.5 Å².